The van der Waals surface area contributed by atoms with Crippen molar-refractivity contribution < 1.29 is 14.7 Å². The van der Waals surface area contributed by atoms with Gasteiger partial charge in [0.2, 0.25) is 0 Å². The predicted molar refractivity (Wildman–Crippen MR) is 134 cm³/mol. The van der Waals surface area contributed by atoms with Crippen LogP contribution in [-0.4, -0.2) is 32.6 Å². The lowest BCUT2D eigenvalue weighted by Gasteiger charge is -2.23. The molecule has 0 unspecified atom stereocenters. The Hall–Kier alpha value is -3.43. The van der Waals surface area contributed by atoms with Gasteiger partial charge in [0.1, 0.15) is 15.3 Å². The van der Waals surface area contributed by atoms with Crippen LogP contribution in [0.3, 0.4) is 0 Å². The van der Waals surface area contributed by atoms with Gasteiger partial charge in [0, 0.05) is 11.4 Å². The van der Waals surface area contributed by atoms with Gasteiger partial charge in [-0.3, -0.25) is 9.59 Å². The average molecular weight is 547 g/mol. The fourth-order valence-electron chi connectivity index (χ4n) is 3.75. The van der Waals surface area contributed by atoms with Crippen LogP contribution < -0.4 is 16.1 Å². The minimum Gasteiger partial charge on any atom is -0.477 e. The molecule has 1 aliphatic rings. The van der Waals surface area contributed by atoms with Crippen LogP contribution in [0.15, 0.2) is 39.2 Å². The molecule has 176 valence electrons. The predicted octanol–water partition coefficient (Wildman–Crippen LogP) is 4.49. The van der Waals surface area contributed by atoms with E-state index in [1.54, 1.807) is 18.2 Å². The normalized spacial score (nSPS) is 13.1. The number of benzene rings is 1. The number of aromatic nitrogens is 2. The van der Waals surface area contributed by atoms with E-state index in [-0.39, 0.29) is 47.3 Å². The lowest BCUT2D eigenvalue weighted by Crippen LogP contribution is -2.34. The van der Waals surface area contributed by atoms with Gasteiger partial charge in [-0.15, -0.1) is 22.7 Å². The highest BCUT2D eigenvalue weighted by atomic mass is 35.5. The number of rotatable bonds is 5. The summed E-state index contributed by atoms with van der Waals surface area (Å²) in [4.78, 5) is 54.9. The maximum absolute atomic E-state index is 13.5. The number of carboxylic acids is 1. The molecular formula is C22H12Cl2N4O5S2. The number of carbonyl (C=O) groups is 2. The number of carboxylic acid groups (broad SMARTS) is 1. The summed E-state index contributed by atoms with van der Waals surface area (Å²) in [6.07, 6.45) is 1.49. The summed E-state index contributed by atoms with van der Waals surface area (Å²) in [6, 6.07) is 8.01. The summed E-state index contributed by atoms with van der Waals surface area (Å²) in [5.41, 5.74) is -1.00. The van der Waals surface area contributed by atoms with Crippen LogP contribution in [0.25, 0.3) is 16.6 Å². The zero-order chi connectivity index (χ0) is 25.0. The summed E-state index contributed by atoms with van der Waals surface area (Å²) < 4.78 is 0.724. The highest BCUT2D eigenvalue weighted by molar-refractivity contribution is 7.18. The number of aromatic amines is 1. The molecule has 1 fully saturated rings. The number of aromatic carboxylic acids is 1. The summed E-state index contributed by atoms with van der Waals surface area (Å²) in [7, 11) is 0. The Labute approximate surface area is 214 Å². The Bertz CT molecular complexity index is 1710. The maximum atomic E-state index is 13.5. The minimum atomic E-state index is -1.30. The molecule has 0 bridgehead atoms. The quantitative estimate of drug-likeness (QED) is 0.378. The molecule has 2 N–H and O–H groups in total. The number of anilines is 1. The van der Waals surface area contributed by atoms with Gasteiger partial charge in [0.25, 0.3) is 11.5 Å². The van der Waals surface area contributed by atoms with E-state index in [9.17, 15) is 29.5 Å². The number of hydrogen-bond donors (Lipinski definition) is 2. The van der Waals surface area contributed by atoms with Crippen molar-refractivity contribution in [1.29, 1.82) is 5.26 Å². The molecule has 0 radical (unpaired) electrons. The Kier molecular flexibility index (Phi) is 5.77. The number of nitrogens with one attached hydrogen (secondary N) is 1. The van der Waals surface area contributed by atoms with Crippen LogP contribution >= 0.6 is 45.9 Å². The average Bonchev–Trinajstić information content (AvgIpc) is 3.44. The summed E-state index contributed by atoms with van der Waals surface area (Å²) in [6.45, 7) is 0. The largest absolute Gasteiger partial charge is 0.477 e. The van der Waals surface area contributed by atoms with E-state index in [1.165, 1.54) is 16.3 Å². The van der Waals surface area contributed by atoms with E-state index in [2.05, 4.69) is 4.98 Å². The first-order chi connectivity index (χ1) is 16.7. The fourth-order valence-corrected chi connectivity index (χ4v) is 6.03. The number of hydrogen-bond acceptors (Lipinski definition) is 7. The van der Waals surface area contributed by atoms with Gasteiger partial charge in [-0.25, -0.2) is 14.2 Å². The molecule has 3 aromatic heterocycles. The Morgan fingerprint density at radius 1 is 1.26 bits per heavy atom. The number of fused-ring (bicyclic) bond motifs is 1. The monoisotopic (exact) mass is 546 g/mol. The first-order valence-corrected chi connectivity index (χ1v) is 12.5. The highest BCUT2D eigenvalue weighted by Crippen LogP contribution is 2.40. The molecule has 35 heavy (non-hydrogen) atoms. The van der Waals surface area contributed by atoms with Crippen molar-refractivity contribution in [3.63, 3.8) is 0 Å². The summed E-state index contributed by atoms with van der Waals surface area (Å²) in [5, 5.41) is 20.1. The fraction of sp³-hybridized carbons (Fsp3) is 0.136. The third-order valence-electron chi connectivity index (χ3n) is 5.46. The second-order valence-electron chi connectivity index (χ2n) is 7.66. The standard InChI is InChI=1S/C22H12Cl2N4O5S2/c23-16-9(7-25)2-1-3-12(16)27(10-4-5-10)19(29)14-6-13(18(24)35-14)28-20(30)15-11(26-22(28)33)8-34-17(15)21(31)32/h1-3,6,8,10H,4-5H2,(H,26,33)(H,31,32). The SMILES string of the molecule is N#Cc1cccc(N(C(=O)c2cc(-n3c(=O)[nH]c4csc(C(=O)O)c4c3=O)c(Cl)s2)C2CC2)c1Cl. The van der Waals surface area contributed by atoms with E-state index < -0.39 is 23.1 Å². The molecule has 4 aromatic rings. The topological polar surface area (TPSA) is 136 Å². The third-order valence-corrected chi connectivity index (χ3v) is 8.15. The molecule has 5 rings (SSSR count). The van der Waals surface area contributed by atoms with Gasteiger partial charge in [0.05, 0.1) is 37.7 Å². The van der Waals surface area contributed by atoms with Gasteiger partial charge < -0.3 is 15.0 Å². The van der Waals surface area contributed by atoms with Gasteiger partial charge in [0.15, 0.2) is 0 Å². The van der Waals surface area contributed by atoms with Crippen molar-refractivity contribution in [3.05, 3.63) is 75.2 Å². The van der Waals surface area contributed by atoms with Crippen LogP contribution in [0.5, 0.6) is 0 Å². The Morgan fingerprint density at radius 2 is 2.00 bits per heavy atom. The number of thiophene rings is 2. The van der Waals surface area contributed by atoms with E-state index in [4.69, 9.17) is 23.2 Å². The van der Waals surface area contributed by atoms with Crippen molar-refractivity contribution in [3.8, 4) is 11.8 Å². The molecule has 3 heterocycles. The van der Waals surface area contributed by atoms with Crippen molar-refractivity contribution in [1.82, 2.24) is 9.55 Å². The molecule has 0 atom stereocenters. The molecule has 1 saturated carbocycles. The highest BCUT2D eigenvalue weighted by Gasteiger charge is 2.37. The van der Waals surface area contributed by atoms with Gasteiger partial charge >= 0.3 is 11.7 Å². The Balaban J connectivity index is 1.63. The van der Waals surface area contributed by atoms with Crippen molar-refractivity contribution in [2.75, 3.05) is 4.90 Å². The van der Waals surface area contributed by atoms with Gasteiger partial charge in [-0.05, 0) is 31.0 Å². The molecule has 1 amide bonds. The van der Waals surface area contributed by atoms with Crippen LogP contribution in [0.4, 0.5) is 5.69 Å². The molecule has 0 spiro atoms. The van der Waals surface area contributed by atoms with Crippen LogP contribution in [0.1, 0.15) is 37.7 Å². The van der Waals surface area contributed by atoms with E-state index in [0.29, 0.717) is 5.69 Å². The van der Waals surface area contributed by atoms with Crippen LogP contribution in [0, 0.1) is 11.3 Å². The first-order valence-electron chi connectivity index (χ1n) is 10.0. The molecular weight excluding hydrogens is 535 g/mol. The maximum Gasteiger partial charge on any atom is 0.346 e. The van der Waals surface area contributed by atoms with Crippen molar-refractivity contribution in [2.24, 2.45) is 0 Å². The number of H-pyrrole nitrogens is 1. The minimum absolute atomic E-state index is 0.0000223. The first kappa shape index (κ1) is 23.3. The van der Waals surface area contributed by atoms with Gasteiger partial charge in [-0.2, -0.15) is 5.26 Å². The van der Waals surface area contributed by atoms with E-state index >= 15 is 0 Å². The van der Waals surface area contributed by atoms with Gasteiger partial charge in [-0.1, -0.05) is 29.3 Å². The number of carbonyl (C=O) groups excluding carboxylic acids is 1. The summed E-state index contributed by atoms with van der Waals surface area (Å²) >= 11 is 14.5. The number of halogens is 2. The van der Waals surface area contributed by atoms with E-state index in [0.717, 1.165) is 40.1 Å². The molecule has 13 heteroatoms. The molecule has 1 aliphatic carbocycles. The second kappa shape index (κ2) is 8.66. The smallest absolute Gasteiger partial charge is 0.346 e. The molecule has 1 aromatic carbocycles. The Morgan fingerprint density at radius 3 is 2.66 bits per heavy atom. The van der Waals surface area contributed by atoms with E-state index in [1.807, 2.05) is 6.07 Å². The lowest BCUT2D eigenvalue weighted by molar-refractivity contribution is 0.0703. The molecule has 0 aliphatic heterocycles. The molecule has 0 saturated heterocycles. The summed E-state index contributed by atoms with van der Waals surface area (Å²) in [5.74, 6) is -1.75. The lowest BCUT2D eigenvalue weighted by atomic mass is 10.2. The second-order valence-corrected chi connectivity index (χ2v) is 10.6. The zero-order valence-electron chi connectivity index (χ0n) is 17.4. The van der Waals surface area contributed by atoms with Crippen molar-refractivity contribution in [2.45, 2.75) is 18.9 Å². The number of nitriles is 1. The third kappa shape index (κ3) is 3.84. The van der Waals surface area contributed by atoms with Crippen molar-refractivity contribution >= 4 is 74.3 Å². The number of amides is 1. The zero-order valence-corrected chi connectivity index (χ0v) is 20.5. The van der Waals surface area contributed by atoms with Crippen LogP contribution in [-0.2, 0) is 0 Å². The van der Waals surface area contributed by atoms with Crippen LogP contribution in [0.2, 0.25) is 9.36 Å². The number of nitrogens with zero attached hydrogens (tertiary/aromatic N) is 3. The molecule has 9 nitrogen and oxygen atoms in total.